The summed E-state index contributed by atoms with van der Waals surface area (Å²) in [5, 5.41) is 18.5. The summed E-state index contributed by atoms with van der Waals surface area (Å²) in [6, 6.07) is 0. The van der Waals surface area contributed by atoms with Crippen LogP contribution in [0.1, 0.15) is 0 Å². The molecule has 2 heterocycles. The van der Waals surface area contributed by atoms with E-state index in [1.165, 1.54) is 12.4 Å². The lowest BCUT2D eigenvalue weighted by molar-refractivity contribution is 0.442. The molecule has 0 aliphatic carbocycles. The number of aliphatic hydroxyl groups excluding tert-OH is 2. The van der Waals surface area contributed by atoms with Crippen molar-refractivity contribution in [3.05, 3.63) is 34.8 Å². The van der Waals surface area contributed by atoms with Gasteiger partial charge in [0.25, 0.3) is 0 Å². The Labute approximate surface area is 81.3 Å². The molecule has 0 bridgehead atoms. The molecule has 0 atom stereocenters. The first kappa shape index (κ1) is 8.74. The molecule has 72 valence electrons. The highest BCUT2D eigenvalue weighted by molar-refractivity contribution is 5.80. The van der Waals surface area contributed by atoms with Crippen LogP contribution in [-0.2, 0) is 0 Å². The maximum Gasteiger partial charge on any atom is 0.133 e. The van der Waals surface area contributed by atoms with Crippen LogP contribution in [0.2, 0.25) is 0 Å². The Morgan fingerprint density at radius 3 is 1.64 bits per heavy atom. The van der Waals surface area contributed by atoms with Crippen LogP contribution in [0.25, 0.3) is 0 Å². The molecule has 0 aromatic rings. The minimum atomic E-state index is 0.140. The number of aliphatic imine (C=N–C) groups is 2. The third kappa shape index (κ3) is 1.74. The zero-order chi connectivity index (χ0) is 9.97. The molecule has 2 aliphatic heterocycles. The Morgan fingerprint density at radius 1 is 0.857 bits per heavy atom. The van der Waals surface area contributed by atoms with Gasteiger partial charge >= 0.3 is 0 Å². The standard InChI is InChI=1S/C10H10N2O2/c13-9-1-7(3-11-5-9)8-2-10(14)6-12-4-8/h1-2,5-6,13-14H,3-4H2/b8-7+. The number of allylic oxidation sites excluding steroid dienone is 2. The monoisotopic (exact) mass is 190 g/mol. The summed E-state index contributed by atoms with van der Waals surface area (Å²) < 4.78 is 0. The van der Waals surface area contributed by atoms with Crippen LogP contribution in [0.5, 0.6) is 0 Å². The molecule has 2 aliphatic rings. The van der Waals surface area contributed by atoms with E-state index < -0.39 is 0 Å². The number of aliphatic hydroxyl groups is 2. The number of dihydropyridines is 2. The molecule has 2 rings (SSSR count). The first-order valence-electron chi connectivity index (χ1n) is 4.29. The molecular formula is C10H10N2O2. The molecule has 0 saturated carbocycles. The van der Waals surface area contributed by atoms with Crippen molar-refractivity contribution in [3.8, 4) is 0 Å². The summed E-state index contributed by atoms with van der Waals surface area (Å²) in [7, 11) is 0. The second-order valence-corrected chi connectivity index (χ2v) is 3.13. The van der Waals surface area contributed by atoms with E-state index >= 15 is 0 Å². The normalized spacial score (nSPS) is 26.0. The van der Waals surface area contributed by atoms with Gasteiger partial charge in [-0.3, -0.25) is 9.98 Å². The number of rotatable bonds is 0. The number of hydrogen-bond donors (Lipinski definition) is 2. The Morgan fingerprint density at radius 2 is 1.29 bits per heavy atom. The van der Waals surface area contributed by atoms with Crippen LogP contribution in [0, 0.1) is 0 Å². The van der Waals surface area contributed by atoms with Crippen LogP contribution in [-0.4, -0.2) is 35.7 Å². The van der Waals surface area contributed by atoms with Crippen molar-refractivity contribution in [2.24, 2.45) is 9.98 Å². The van der Waals surface area contributed by atoms with E-state index in [-0.39, 0.29) is 11.5 Å². The van der Waals surface area contributed by atoms with E-state index in [9.17, 15) is 10.2 Å². The van der Waals surface area contributed by atoms with Crippen molar-refractivity contribution < 1.29 is 10.2 Å². The average Bonchev–Trinajstić information content (AvgIpc) is 2.18. The van der Waals surface area contributed by atoms with Gasteiger partial charge < -0.3 is 10.2 Å². The maximum atomic E-state index is 9.23. The van der Waals surface area contributed by atoms with Crippen molar-refractivity contribution in [1.82, 2.24) is 0 Å². The van der Waals surface area contributed by atoms with E-state index in [0.29, 0.717) is 13.1 Å². The van der Waals surface area contributed by atoms with Gasteiger partial charge in [-0.05, 0) is 23.3 Å². The van der Waals surface area contributed by atoms with Crippen molar-refractivity contribution >= 4 is 12.4 Å². The number of nitrogens with zero attached hydrogens (tertiary/aromatic N) is 2. The third-order valence-electron chi connectivity index (χ3n) is 2.03. The molecule has 0 amide bonds. The van der Waals surface area contributed by atoms with Crippen molar-refractivity contribution in [3.63, 3.8) is 0 Å². The molecule has 0 spiro atoms. The second-order valence-electron chi connectivity index (χ2n) is 3.13. The molecular weight excluding hydrogens is 180 g/mol. The minimum absolute atomic E-state index is 0.140. The van der Waals surface area contributed by atoms with Gasteiger partial charge in [-0.1, -0.05) is 0 Å². The van der Waals surface area contributed by atoms with Crippen LogP contribution >= 0.6 is 0 Å². The fraction of sp³-hybridized carbons (Fsp3) is 0.200. The summed E-state index contributed by atoms with van der Waals surface area (Å²) in [5.41, 5.74) is 1.79. The van der Waals surface area contributed by atoms with Crippen molar-refractivity contribution in [2.45, 2.75) is 0 Å². The van der Waals surface area contributed by atoms with E-state index in [1.807, 2.05) is 0 Å². The van der Waals surface area contributed by atoms with E-state index in [2.05, 4.69) is 9.98 Å². The quantitative estimate of drug-likeness (QED) is 0.605. The first-order valence-corrected chi connectivity index (χ1v) is 4.29. The highest BCUT2D eigenvalue weighted by Gasteiger charge is 2.09. The zero-order valence-electron chi connectivity index (χ0n) is 7.51. The lowest BCUT2D eigenvalue weighted by Crippen LogP contribution is -2.05. The summed E-state index contributed by atoms with van der Waals surface area (Å²) in [6.45, 7) is 1.05. The average molecular weight is 190 g/mol. The summed E-state index contributed by atoms with van der Waals surface area (Å²) >= 11 is 0. The highest BCUT2D eigenvalue weighted by atomic mass is 16.3. The molecule has 4 nitrogen and oxygen atoms in total. The topological polar surface area (TPSA) is 65.2 Å². The van der Waals surface area contributed by atoms with Gasteiger partial charge in [0.1, 0.15) is 11.5 Å². The van der Waals surface area contributed by atoms with Gasteiger partial charge in [0, 0.05) is 0 Å². The third-order valence-corrected chi connectivity index (χ3v) is 2.03. The second kappa shape index (κ2) is 3.49. The minimum Gasteiger partial charge on any atom is -0.506 e. The Bertz CT molecular complexity index is 362. The number of hydrogen-bond acceptors (Lipinski definition) is 4. The van der Waals surface area contributed by atoms with Crippen LogP contribution in [0.15, 0.2) is 44.8 Å². The molecule has 2 N–H and O–H groups in total. The van der Waals surface area contributed by atoms with Gasteiger partial charge in [-0.15, -0.1) is 0 Å². The van der Waals surface area contributed by atoms with Crippen LogP contribution in [0.4, 0.5) is 0 Å². The lowest BCUT2D eigenvalue weighted by atomic mass is 10.0. The molecule has 0 radical (unpaired) electrons. The summed E-state index contributed by atoms with van der Waals surface area (Å²) in [5.74, 6) is 0.280. The molecule has 0 aromatic carbocycles. The van der Waals surface area contributed by atoms with E-state index in [0.717, 1.165) is 11.1 Å². The van der Waals surface area contributed by atoms with Gasteiger partial charge in [-0.2, -0.15) is 0 Å². The van der Waals surface area contributed by atoms with E-state index in [1.54, 1.807) is 12.2 Å². The molecule has 0 aromatic heterocycles. The largest absolute Gasteiger partial charge is 0.506 e. The van der Waals surface area contributed by atoms with Gasteiger partial charge in [0.2, 0.25) is 0 Å². The SMILES string of the molecule is OC1=C/C(=C2/C=C(O)C=NC2)CN=C1. The first-order chi connectivity index (χ1) is 6.75. The zero-order valence-corrected chi connectivity index (χ0v) is 7.51. The predicted octanol–water partition coefficient (Wildman–Crippen LogP) is 1.34. The fourth-order valence-electron chi connectivity index (χ4n) is 1.39. The molecule has 0 unspecified atom stereocenters. The summed E-state index contributed by atoms with van der Waals surface area (Å²) in [6.07, 6.45) is 6.12. The molecule has 4 heteroatoms. The molecule has 0 saturated heterocycles. The smallest absolute Gasteiger partial charge is 0.133 e. The van der Waals surface area contributed by atoms with Crippen LogP contribution in [0.3, 0.4) is 0 Å². The van der Waals surface area contributed by atoms with Crippen LogP contribution < -0.4 is 0 Å². The summed E-state index contributed by atoms with van der Waals surface area (Å²) in [4.78, 5) is 7.95. The van der Waals surface area contributed by atoms with E-state index in [4.69, 9.17) is 0 Å². The molecule has 0 fully saturated rings. The lowest BCUT2D eigenvalue weighted by Gasteiger charge is -2.11. The van der Waals surface area contributed by atoms with Gasteiger partial charge in [0.15, 0.2) is 0 Å². The maximum absolute atomic E-state index is 9.23. The molecule has 14 heavy (non-hydrogen) atoms. The highest BCUT2D eigenvalue weighted by Crippen LogP contribution is 2.16. The fourth-order valence-corrected chi connectivity index (χ4v) is 1.39. The Kier molecular flexibility index (Phi) is 2.18. The predicted molar refractivity (Wildman–Crippen MR) is 55.2 cm³/mol. The Balaban J connectivity index is 2.34. The van der Waals surface area contributed by atoms with Gasteiger partial charge in [-0.25, -0.2) is 0 Å². The van der Waals surface area contributed by atoms with Crippen molar-refractivity contribution in [1.29, 1.82) is 0 Å². The van der Waals surface area contributed by atoms with Gasteiger partial charge in [0.05, 0.1) is 25.5 Å². The van der Waals surface area contributed by atoms with Crippen molar-refractivity contribution in [2.75, 3.05) is 13.1 Å². The Hall–Kier alpha value is -1.84.